The number of anilines is 1. The summed E-state index contributed by atoms with van der Waals surface area (Å²) in [5.74, 6) is 1.30. The van der Waals surface area contributed by atoms with Gasteiger partial charge >= 0.3 is 6.09 Å². The molecule has 3 aromatic rings. The van der Waals surface area contributed by atoms with Gasteiger partial charge in [0.25, 0.3) is 5.91 Å². The lowest BCUT2D eigenvalue weighted by molar-refractivity contribution is 0.0535. The minimum absolute atomic E-state index is 0.0898. The van der Waals surface area contributed by atoms with Gasteiger partial charge in [-0.2, -0.15) is 0 Å². The Bertz CT molecular complexity index is 1410. The van der Waals surface area contributed by atoms with Gasteiger partial charge in [-0.25, -0.2) is 9.78 Å². The van der Waals surface area contributed by atoms with Crippen molar-refractivity contribution in [2.24, 2.45) is 5.92 Å². The van der Waals surface area contributed by atoms with Crippen LogP contribution in [-0.4, -0.2) is 66.2 Å². The summed E-state index contributed by atoms with van der Waals surface area (Å²) >= 11 is 13.0. The van der Waals surface area contributed by atoms with Crippen molar-refractivity contribution >= 4 is 41.0 Å². The highest BCUT2D eigenvalue weighted by molar-refractivity contribution is 6.37. The molecule has 1 aromatic heterocycles. The maximum atomic E-state index is 13.1. The minimum atomic E-state index is -0.540. The standard InChI is InChI=1S/C31H36Cl2N4O5/c1-5-40-25-11-10-24(32)27(28(25)33)20(4)42-26-16-23(17-35-29(26)34)21-6-8-22(9-7-21)30(38)36-12-14-37(15-13-36)31(39)41-18-19(2)3/h6-11,16-17,19-20H,5,12-15,18H2,1-4H3,(H2,34,35). The third-order valence-electron chi connectivity index (χ3n) is 6.81. The number of hydrogen-bond acceptors (Lipinski definition) is 7. The second kappa shape index (κ2) is 14.0. The summed E-state index contributed by atoms with van der Waals surface area (Å²) in [6, 6.07) is 12.5. The van der Waals surface area contributed by atoms with Crippen LogP contribution in [0, 0.1) is 5.92 Å². The highest BCUT2D eigenvalue weighted by Crippen LogP contribution is 2.40. The van der Waals surface area contributed by atoms with E-state index in [9.17, 15) is 9.59 Å². The summed E-state index contributed by atoms with van der Waals surface area (Å²) in [5, 5.41) is 0.832. The highest BCUT2D eigenvalue weighted by atomic mass is 35.5. The molecule has 0 spiro atoms. The van der Waals surface area contributed by atoms with Gasteiger partial charge in [0, 0.05) is 54.1 Å². The van der Waals surface area contributed by atoms with E-state index >= 15 is 0 Å². The van der Waals surface area contributed by atoms with E-state index in [-0.39, 0.29) is 23.7 Å². The third kappa shape index (κ3) is 7.38. The van der Waals surface area contributed by atoms with Crippen LogP contribution in [-0.2, 0) is 4.74 Å². The molecule has 0 aliphatic carbocycles. The molecule has 1 saturated heterocycles. The molecule has 2 aromatic carbocycles. The van der Waals surface area contributed by atoms with Crippen molar-refractivity contribution in [3.05, 3.63) is 69.8 Å². The summed E-state index contributed by atoms with van der Waals surface area (Å²) < 4.78 is 17.1. The average Bonchev–Trinajstić information content (AvgIpc) is 2.98. The number of nitrogens with two attached hydrogens (primary N) is 1. The summed E-state index contributed by atoms with van der Waals surface area (Å²) in [5.41, 5.74) is 8.89. The number of nitrogen functional groups attached to an aromatic ring is 1. The average molecular weight is 616 g/mol. The van der Waals surface area contributed by atoms with E-state index in [0.717, 1.165) is 11.1 Å². The highest BCUT2D eigenvalue weighted by Gasteiger charge is 2.26. The van der Waals surface area contributed by atoms with Gasteiger partial charge in [0.2, 0.25) is 0 Å². The van der Waals surface area contributed by atoms with Crippen molar-refractivity contribution in [2.75, 3.05) is 45.1 Å². The van der Waals surface area contributed by atoms with Crippen molar-refractivity contribution in [3.63, 3.8) is 0 Å². The van der Waals surface area contributed by atoms with Crippen molar-refractivity contribution in [2.45, 2.75) is 33.8 Å². The van der Waals surface area contributed by atoms with Crippen LogP contribution in [0.4, 0.5) is 10.6 Å². The Labute approximate surface area is 256 Å². The second-order valence-electron chi connectivity index (χ2n) is 10.4. The molecule has 1 aliphatic rings. The fourth-order valence-corrected chi connectivity index (χ4v) is 5.29. The van der Waals surface area contributed by atoms with Crippen LogP contribution in [0.2, 0.25) is 10.0 Å². The molecule has 2 heterocycles. The molecule has 0 saturated carbocycles. The molecular formula is C31H36Cl2N4O5. The van der Waals surface area contributed by atoms with E-state index in [4.69, 9.17) is 43.1 Å². The minimum Gasteiger partial charge on any atom is -0.492 e. The molecule has 224 valence electrons. The first-order chi connectivity index (χ1) is 20.1. The molecule has 42 heavy (non-hydrogen) atoms. The molecule has 4 rings (SSSR count). The third-order valence-corrected chi connectivity index (χ3v) is 7.53. The predicted octanol–water partition coefficient (Wildman–Crippen LogP) is 6.73. The lowest BCUT2D eigenvalue weighted by Crippen LogP contribution is -2.50. The number of piperazine rings is 1. The first kappa shape index (κ1) is 31.3. The summed E-state index contributed by atoms with van der Waals surface area (Å²) in [6.45, 7) is 10.3. The van der Waals surface area contributed by atoms with Crippen LogP contribution in [0.5, 0.6) is 11.5 Å². The number of aromatic nitrogens is 1. The number of hydrogen-bond donors (Lipinski definition) is 1. The van der Waals surface area contributed by atoms with Crippen LogP contribution in [0.3, 0.4) is 0 Å². The molecule has 1 unspecified atom stereocenters. The Hall–Kier alpha value is -3.69. The second-order valence-corrected chi connectivity index (χ2v) is 11.2. The number of amides is 2. The van der Waals surface area contributed by atoms with E-state index in [0.29, 0.717) is 72.1 Å². The van der Waals surface area contributed by atoms with Crippen molar-refractivity contribution < 1.29 is 23.8 Å². The fourth-order valence-electron chi connectivity index (χ4n) is 4.55. The van der Waals surface area contributed by atoms with E-state index < -0.39 is 6.10 Å². The molecular weight excluding hydrogens is 579 g/mol. The van der Waals surface area contributed by atoms with Crippen molar-refractivity contribution in [1.29, 1.82) is 0 Å². The molecule has 11 heteroatoms. The molecule has 0 radical (unpaired) electrons. The lowest BCUT2D eigenvalue weighted by Gasteiger charge is -2.34. The summed E-state index contributed by atoms with van der Waals surface area (Å²) in [7, 11) is 0. The Morgan fingerprint density at radius 2 is 1.62 bits per heavy atom. The van der Waals surface area contributed by atoms with Gasteiger partial charge < -0.3 is 29.7 Å². The smallest absolute Gasteiger partial charge is 0.409 e. The normalized spacial score (nSPS) is 14.1. The van der Waals surface area contributed by atoms with E-state index in [1.54, 1.807) is 46.3 Å². The van der Waals surface area contributed by atoms with Gasteiger partial charge in [-0.05, 0) is 55.7 Å². The van der Waals surface area contributed by atoms with Gasteiger partial charge in [0.05, 0.1) is 18.2 Å². The number of rotatable bonds is 9. The number of ether oxygens (including phenoxy) is 3. The zero-order valence-electron chi connectivity index (χ0n) is 24.2. The van der Waals surface area contributed by atoms with E-state index in [1.807, 2.05) is 39.8 Å². The van der Waals surface area contributed by atoms with Gasteiger partial charge in [-0.3, -0.25) is 4.79 Å². The zero-order chi connectivity index (χ0) is 30.4. The van der Waals surface area contributed by atoms with Gasteiger partial charge in [-0.1, -0.05) is 49.2 Å². The van der Waals surface area contributed by atoms with Crippen molar-refractivity contribution in [3.8, 4) is 22.6 Å². The SMILES string of the molecule is CCOc1ccc(Cl)c(C(C)Oc2cc(-c3ccc(C(=O)N4CCN(C(=O)OCC(C)C)CC4)cc3)cnc2N)c1Cl. The maximum absolute atomic E-state index is 13.1. The van der Waals surface area contributed by atoms with Crippen LogP contribution in [0.1, 0.15) is 49.7 Å². The van der Waals surface area contributed by atoms with Crippen molar-refractivity contribution in [1.82, 2.24) is 14.8 Å². The monoisotopic (exact) mass is 614 g/mol. The molecule has 0 bridgehead atoms. The molecule has 1 fully saturated rings. The first-order valence-electron chi connectivity index (χ1n) is 13.9. The van der Waals surface area contributed by atoms with Crippen LogP contribution < -0.4 is 15.2 Å². The number of carbonyl (C=O) groups is 2. The zero-order valence-corrected chi connectivity index (χ0v) is 25.7. The molecule has 2 amide bonds. The van der Waals surface area contributed by atoms with Gasteiger partial charge in [0.15, 0.2) is 11.6 Å². The van der Waals surface area contributed by atoms with Gasteiger partial charge in [0.1, 0.15) is 11.9 Å². The van der Waals surface area contributed by atoms with E-state index in [2.05, 4.69) is 4.98 Å². The Morgan fingerprint density at radius 3 is 2.26 bits per heavy atom. The first-order valence-corrected chi connectivity index (χ1v) is 14.7. The van der Waals surface area contributed by atoms with Crippen LogP contribution in [0.15, 0.2) is 48.7 Å². The topological polar surface area (TPSA) is 107 Å². The Balaban J connectivity index is 1.42. The quantitative estimate of drug-likeness (QED) is 0.285. The summed E-state index contributed by atoms with van der Waals surface area (Å²) in [4.78, 5) is 33.1. The predicted molar refractivity (Wildman–Crippen MR) is 164 cm³/mol. The number of carbonyl (C=O) groups excluding carboxylic acids is 2. The number of benzene rings is 2. The number of halogens is 2. The van der Waals surface area contributed by atoms with Gasteiger partial charge in [-0.15, -0.1) is 0 Å². The van der Waals surface area contributed by atoms with Crippen LogP contribution >= 0.6 is 23.2 Å². The maximum Gasteiger partial charge on any atom is 0.409 e. The Morgan fingerprint density at radius 1 is 0.952 bits per heavy atom. The summed E-state index contributed by atoms with van der Waals surface area (Å²) in [6.07, 6.45) is 0.777. The lowest BCUT2D eigenvalue weighted by atomic mass is 10.0. The number of nitrogens with zero attached hydrogens (tertiary/aromatic N) is 3. The molecule has 1 atom stereocenters. The van der Waals surface area contributed by atoms with E-state index in [1.165, 1.54) is 0 Å². The largest absolute Gasteiger partial charge is 0.492 e. The number of pyridine rings is 1. The Kier molecular flexibility index (Phi) is 10.4. The molecule has 1 aliphatic heterocycles. The fraction of sp³-hybridized carbons (Fsp3) is 0.387. The molecule has 9 nitrogen and oxygen atoms in total. The molecule has 2 N–H and O–H groups in total. The van der Waals surface area contributed by atoms with Crippen LogP contribution in [0.25, 0.3) is 11.1 Å².